The summed E-state index contributed by atoms with van der Waals surface area (Å²) in [5, 5.41) is 15.5. The van der Waals surface area contributed by atoms with Crippen molar-refractivity contribution in [2.24, 2.45) is 0 Å². The Hall–Kier alpha value is -2.66. The van der Waals surface area contributed by atoms with Gasteiger partial charge in [-0.15, -0.1) is 0 Å². The second-order valence-corrected chi connectivity index (χ2v) is 7.12. The zero-order chi connectivity index (χ0) is 19.1. The van der Waals surface area contributed by atoms with Crippen molar-refractivity contribution in [2.75, 3.05) is 5.32 Å². The molecular weight excluding hydrogens is 340 g/mol. The number of carboxylic acid groups (broad SMARTS) is 1. The van der Waals surface area contributed by atoms with Gasteiger partial charge in [0.2, 0.25) is 5.91 Å². The molecule has 3 N–H and O–H groups in total. The largest absolute Gasteiger partial charge is 0.478 e. The fraction of sp³-hybridized carbons (Fsp3) is 0.364. The molecule has 0 saturated heterocycles. The van der Waals surface area contributed by atoms with E-state index in [0.29, 0.717) is 18.2 Å². The minimum Gasteiger partial charge on any atom is -0.478 e. The van der Waals surface area contributed by atoms with Crippen molar-refractivity contribution in [1.29, 1.82) is 0 Å². The van der Waals surface area contributed by atoms with E-state index in [1.54, 1.807) is 12.1 Å². The zero-order valence-electron chi connectivity index (χ0n) is 15.4. The fourth-order valence-electron chi connectivity index (χ4n) is 3.56. The number of anilines is 1. The van der Waals surface area contributed by atoms with Crippen LogP contribution in [0.3, 0.4) is 0 Å². The number of nitrogens with one attached hydrogen (secondary N) is 2. The molecule has 0 aromatic heterocycles. The highest BCUT2D eigenvalue weighted by atomic mass is 16.4. The van der Waals surface area contributed by atoms with E-state index in [1.807, 2.05) is 30.3 Å². The Morgan fingerprint density at radius 2 is 1.63 bits per heavy atom. The van der Waals surface area contributed by atoms with Gasteiger partial charge in [0, 0.05) is 11.7 Å². The third kappa shape index (κ3) is 5.66. The van der Waals surface area contributed by atoms with E-state index in [2.05, 4.69) is 10.6 Å². The van der Waals surface area contributed by atoms with Gasteiger partial charge in [0.15, 0.2) is 0 Å². The lowest BCUT2D eigenvalue weighted by molar-refractivity contribution is -0.118. The molecule has 0 spiro atoms. The molecule has 0 bridgehead atoms. The highest BCUT2D eigenvalue weighted by Crippen LogP contribution is 2.19. The number of rotatable bonds is 7. The van der Waals surface area contributed by atoms with Gasteiger partial charge in [-0.25, -0.2) is 4.79 Å². The lowest BCUT2D eigenvalue weighted by atomic mass is 9.94. The first-order valence-corrected chi connectivity index (χ1v) is 9.56. The molecule has 142 valence electrons. The van der Waals surface area contributed by atoms with Gasteiger partial charge in [0.05, 0.1) is 11.6 Å². The number of amides is 1. The first kappa shape index (κ1) is 19.1. The Balaban J connectivity index is 1.69. The lowest BCUT2D eigenvalue weighted by Gasteiger charge is -2.28. The number of carbonyl (C=O) groups excluding carboxylic acids is 1. The van der Waals surface area contributed by atoms with Gasteiger partial charge in [-0.2, -0.15) is 0 Å². The van der Waals surface area contributed by atoms with E-state index in [4.69, 9.17) is 5.11 Å². The number of carboxylic acids is 1. The van der Waals surface area contributed by atoms with Gasteiger partial charge in [0.1, 0.15) is 0 Å². The van der Waals surface area contributed by atoms with Crippen LogP contribution in [0.2, 0.25) is 0 Å². The standard InChI is InChI=1S/C22H26N2O3/c25-21(24-19-13-11-17(12-14-19)22(26)27)20(15-16-7-3-1-4-8-16)23-18-9-5-2-6-10-18/h1,3-4,7-8,11-14,18,20,23H,2,5-6,9-10,15H2,(H,24,25)(H,26,27)/t20-/m1/s1. The molecule has 1 aliphatic rings. The maximum Gasteiger partial charge on any atom is 0.335 e. The van der Waals surface area contributed by atoms with E-state index < -0.39 is 5.97 Å². The van der Waals surface area contributed by atoms with Crippen LogP contribution >= 0.6 is 0 Å². The maximum atomic E-state index is 12.9. The lowest BCUT2D eigenvalue weighted by Crippen LogP contribution is -2.47. The molecule has 5 nitrogen and oxygen atoms in total. The Bertz CT molecular complexity index is 753. The molecule has 0 aliphatic heterocycles. The summed E-state index contributed by atoms with van der Waals surface area (Å²) in [6.45, 7) is 0. The zero-order valence-corrected chi connectivity index (χ0v) is 15.4. The normalized spacial score (nSPS) is 15.9. The van der Waals surface area contributed by atoms with E-state index >= 15 is 0 Å². The molecule has 1 atom stereocenters. The summed E-state index contributed by atoms with van der Waals surface area (Å²) in [6, 6.07) is 16.3. The average molecular weight is 366 g/mol. The van der Waals surface area contributed by atoms with Crippen LogP contribution < -0.4 is 10.6 Å². The molecule has 2 aromatic carbocycles. The van der Waals surface area contributed by atoms with Crippen LogP contribution in [0.1, 0.15) is 48.0 Å². The van der Waals surface area contributed by atoms with Gasteiger partial charge in [-0.1, -0.05) is 49.6 Å². The van der Waals surface area contributed by atoms with Crippen molar-refractivity contribution >= 4 is 17.6 Å². The Morgan fingerprint density at radius 1 is 0.963 bits per heavy atom. The van der Waals surface area contributed by atoms with Crippen molar-refractivity contribution in [3.8, 4) is 0 Å². The third-order valence-corrected chi connectivity index (χ3v) is 5.04. The maximum absolute atomic E-state index is 12.9. The molecule has 1 amide bonds. The van der Waals surface area contributed by atoms with Gasteiger partial charge >= 0.3 is 5.97 Å². The number of benzene rings is 2. The summed E-state index contributed by atoms with van der Waals surface area (Å²) in [5.74, 6) is -1.07. The Kier molecular flexibility index (Phi) is 6.60. The molecule has 3 rings (SSSR count). The van der Waals surface area contributed by atoms with Crippen LogP contribution in [0.25, 0.3) is 0 Å². The molecule has 1 aliphatic carbocycles. The monoisotopic (exact) mass is 366 g/mol. The van der Waals surface area contributed by atoms with Crippen molar-refractivity contribution < 1.29 is 14.7 Å². The van der Waals surface area contributed by atoms with Crippen molar-refractivity contribution in [3.63, 3.8) is 0 Å². The average Bonchev–Trinajstić information content (AvgIpc) is 2.69. The summed E-state index contributed by atoms with van der Waals surface area (Å²) in [5.41, 5.74) is 1.92. The molecular formula is C22H26N2O3. The molecule has 27 heavy (non-hydrogen) atoms. The van der Waals surface area contributed by atoms with Gasteiger partial charge in [-0.05, 0) is 49.1 Å². The quantitative estimate of drug-likeness (QED) is 0.695. The number of carbonyl (C=O) groups is 2. The fourth-order valence-corrected chi connectivity index (χ4v) is 3.56. The summed E-state index contributed by atoms with van der Waals surface area (Å²) < 4.78 is 0. The van der Waals surface area contributed by atoms with Crippen molar-refractivity contribution in [3.05, 3.63) is 65.7 Å². The predicted molar refractivity (Wildman–Crippen MR) is 106 cm³/mol. The smallest absolute Gasteiger partial charge is 0.335 e. The van der Waals surface area contributed by atoms with Crippen LogP contribution in [0.4, 0.5) is 5.69 Å². The second-order valence-electron chi connectivity index (χ2n) is 7.12. The highest BCUT2D eigenvalue weighted by Gasteiger charge is 2.24. The summed E-state index contributed by atoms with van der Waals surface area (Å²) in [6.07, 6.45) is 6.50. The summed E-state index contributed by atoms with van der Waals surface area (Å²) in [7, 11) is 0. The minimum absolute atomic E-state index is 0.0903. The Morgan fingerprint density at radius 3 is 2.26 bits per heavy atom. The molecule has 1 fully saturated rings. The van der Waals surface area contributed by atoms with Crippen molar-refractivity contribution in [1.82, 2.24) is 5.32 Å². The summed E-state index contributed by atoms with van der Waals surface area (Å²) >= 11 is 0. The molecule has 5 heteroatoms. The highest BCUT2D eigenvalue weighted by molar-refractivity contribution is 5.95. The molecule has 0 unspecified atom stereocenters. The predicted octanol–water partition coefficient (Wildman–Crippen LogP) is 3.86. The van der Waals surface area contributed by atoms with Crippen LogP contribution in [-0.2, 0) is 11.2 Å². The van der Waals surface area contributed by atoms with Gasteiger partial charge in [-0.3, -0.25) is 4.79 Å². The van der Waals surface area contributed by atoms with Crippen LogP contribution in [-0.4, -0.2) is 29.1 Å². The molecule has 0 heterocycles. The van der Waals surface area contributed by atoms with Crippen LogP contribution in [0.15, 0.2) is 54.6 Å². The SMILES string of the molecule is O=C(O)c1ccc(NC(=O)[C@@H](Cc2ccccc2)NC2CCCCC2)cc1. The Labute approximate surface area is 159 Å². The van der Waals surface area contributed by atoms with Gasteiger partial charge < -0.3 is 15.7 Å². The molecule has 0 radical (unpaired) electrons. The first-order valence-electron chi connectivity index (χ1n) is 9.56. The van der Waals surface area contributed by atoms with Crippen LogP contribution in [0.5, 0.6) is 0 Å². The number of hydrogen-bond donors (Lipinski definition) is 3. The van der Waals surface area contributed by atoms with E-state index in [-0.39, 0.29) is 17.5 Å². The summed E-state index contributed by atoms with van der Waals surface area (Å²) in [4.78, 5) is 23.9. The second kappa shape index (κ2) is 9.33. The minimum atomic E-state index is -0.978. The molecule has 1 saturated carbocycles. The van der Waals surface area contributed by atoms with E-state index in [1.165, 1.54) is 31.4 Å². The topological polar surface area (TPSA) is 78.4 Å². The molecule has 2 aromatic rings. The first-order chi connectivity index (χ1) is 13.1. The number of hydrogen-bond acceptors (Lipinski definition) is 3. The van der Waals surface area contributed by atoms with E-state index in [9.17, 15) is 9.59 Å². The number of aromatic carboxylic acids is 1. The third-order valence-electron chi connectivity index (χ3n) is 5.04. The van der Waals surface area contributed by atoms with Gasteiger partial charge in [0.25, 0.3) is 0 Å². The van der Waals surface area contributed by atoms with E-state index in [0.717, 1.165) is 18.4 Å². The van der Waals surface area contributed by atoms with Crippen LogP contribution in [0, 0.1) is 0 Å². The van der Waals surface area contributed by atoms with Crippen molar-refractivity contribution in [2.45, 2.75) is 50.6 Å².